The second kappa shape index (κ2) is 9.86. The Morgan fingerprint density at radius 2 is 1.48 bits per heavy atom. The van der Waals surface area contributed by atoms with E-state index in [9.17, 15) is 9.18 Å². The Bertz CT molecular complexity index is 981. The van der Waals surface area contributed by atoms with Gasteiger partial charge in [-0.2, -0.15) is 0 Å². The van der Waals surface area contributed by atoms with Crippen molar-refractivity contribution >= 4 is 5.91 Å². The minimum absolute atomic E-state index is 0.0156. The molecule has 5 heteroatoms. The van der Waals surface area contributed by atoms with Gasteiger partial charge >= 0.3 is 0 Å². The molecule has 0 saturated carbocycles. The molecule has 1 saturated heterocycles. The highest BCUT2D eigenvalue weighted by Crippen LogP contribution is 2.23. The summed E-state index contributed by atoms with van der Waals surface area (Å²) in [5, 5.41) is 3.09. The lowest BCUT2D eigenvalue weighted by molar-refractivity contribution is 0.0886. The molecule has 3 aromatic carbocycles. The highest BCUT2D eigenvalue weighted by molar-refractivity contribution is 5.94. The van der Waals surface area contributed by atoms with E-state index in [-0.39, 0.29) is 17.8 Å². The molecule has 3 aromatic rings. The maximum atomic E-state index is 13.4. The third-order valence-electron chi connectivity index (χ3n) is 5.94. The highest BCUT2D eigenvalue weighted by Gasteiger charge is 2.24. The summed E-state index contributed by atoms with van der Waals surface area (Å²) in [6.07, 6.45) is 0. The molecule has 160 valence electrons. The van der Waals surface area contributed by atoms with E-state index in [1.807, 2.05) is 54.6 Å². The lowest BCUT2D eigenvalue weighted by atomic mass is 10.0. The van der Waals surface area contributed by atoms with Gasteiger partial charge in [0.1, 0.15) is 5.82 Å². The SMILES string of the molecule is CN1CCN(C(CNC(=O)c2ccc(-c3ccccc3)cc2)c2ccc(F)cc2)CC1. The van der Waals surface area contributed by atoms with Crippen LogP contribution >= 0.6 is 0 Å². The minimum Gasteiger partial charge on any atom is -0.350 e. The number of likely N-dealkylation sites (N-methyl/N-ethyl adjacent to an activating group) is 1. The first kappa shape index (κ1) is 21.2. The largest absolute Gasteiger partial charge is 0.350 e. The van der Waals surface area contributed by atoms with Crippen LogP contribution in [0.1, 0.15) is 22.0 Å². The predicted octanol–water partition coefficient (Wildman–Crippen LogP) is 4.21. The number of nitrogens with one attached hydrogen (secondary N) is 1. The zero-order valence-electron chi connectivity index (χ0n) is 17.8. The molecule has 1 N–H and O–H groups in total. The Balaban J connectivity index is 1.44. The van der Waals surface area contributed by atoms with E-state index in [1.54, 1.807) is 0 Å². The van der Waals surface area contributed by atoms with Crippen LogP contribution in [0.5, 0.6) is 0 Å². The number of halogens is 1. The molecule has 1 fully saturated rings. The van der Waals surface area contributed by atoms with Crippen LogP contribution < -0.4 is 5.32 Å². The number of piperazine rings is 1. The standard InChI is InChI=1S/C26H28FN3O/c1-29-15-17-30(18-16-29)25(22-11-13-24(27)14-12-22)19-28-26(31)23-9-7-21(8-10-23)20-5-3-2-4-6-20/h2-14,25H,15-19H2,1H3,(H,28,31). The summed E-state index contributed by atoms with van der Waals surface area (Å²) in [5.41, 5.74) is 3.86. The second-order valence-corrected chi connectivity index (χ2v) is 8.06. The Labute approximate surface area is 183 Å². The summed E-state index contributed by atoms with van der Waals surface area (Å²) < 4.78 is 13.4. The van der Waals surface area contributed by atoms with Crippen molar-refractivity contribution in [2.45, 2.75) is 6.04 Å². The lowest BCUT2D eigenvalue weighted by Crippen LogP contribution is -2.48. The Morgan fingerprint density at radius 3 is 2.13 bits per heavy atom. The van der Waals surface area contributed by atoms with Gasteiger partial charge < -0.3 is 10.2 Å². The summed E-state index contributed by atoms with van der Waals surface area (Å²) in [4.78, 5) is 17.5. The number of benzene rings is 3. The van der Waals surface area contributed by atoms with Crippen molar-refractivity contribution in [2.75, 3.05) is 39.8 Å². The van der Waals surface area contributed by atoms with Crippen molar-refractivity contribution in [1.82, 2.24) is 15.1 Å². The number of nitrogens with zero attached hydrogens (tertiary/aromatic N) is 2. The molecule has 0 bridgehead atoms. The van der Waals surface area contributed by atoms with E-state index in [0.29, 0.717) is 12.1 Å². The van der Waals surface area contributed by atoms with E-state index in [1.165, 1.54) is 12.1 Å². The van der Waals surface area contributed by atoms with Gasteiger partial charge in [0.05, 0.1) is 6.04 Å². The van der Waals surface area contributed by atoms with Crippen LogP contribution in [0.25, 0.3) is 11.1 Å². The number of hydrogen-bond donors (Lipinski definition) is 1. The average molecular weight is 418 g/mol. The van der Waals surface area contributed by atoms with E-state index in [2.05, 4.69) is 34.3 Å². The minimum atomic E-state index is -0.247. The third-order valence-corrected chi connectivity index (χ3v) is 5.94. The predicted molar refractivity (Wildman–Crippen MR) is 122 cm³/mol. The van der Waals surface area contributed by atoms with Crippen molar-refractivity contribution < 1.29 is 9.18 Å². The molecule has 31 heavy (non-hydrogen) atoms. The summed E-state index contributed by atoms with van der Waals surface area (Å²) in [5.74, 6) is -0.343. The molecule has 1 aliphatic heterocycles. The first-order valence-electron chi connectivity index (χ1n) is 10.7. The average Bonchev–Trinajstić information content (AvgIpc) is 2.82. The van der Waals surface area contributed by atoms with Gasteiger partial charge in [0, 0.05) is 38.3 Å². The van der Waals surface area contributed by atoms with Gasteiger partial charge in [-0.05, 0) is 48.0 Å². The molecule has 0 aromatic heterocycles. The van der Waals surface area contributed by atoms with Crippen LogP contribution in [0.15, 0.2) is 78.9 Å². The van der Waals surface area contributed by atoms with Crippen LogP contribution in [0, 0.1) is 5.82 Å². The van der Waals surface area contributed by atoms with Crippen LogP contribution in [0.4, 0.5) is 4.39 Å². The summed E-state index contributed by atoms with van der Waals surface area (Å²) in [6.45, 7) is 4.27. The first-order chi connectivity index (χ1) is 15.1. The number of rotatable bonds is 6. The van der Waals surface area contributed by atoms with Crippen LogP contribution in [0.3, 0.4) is 0 Å². The highest BCUT2D eigenvalue weighted by atomic mass is 19.1. The van der Waals surface area contributed by atoms with Gasteiger partial charge in [0.25, 0.3) is 5.91 Å². The summed E-state index contributed by atoms with van der Waals surface area (Å²) in [6, 6.07) is 24.4. The van der Waals surface area contributed by atoms with Crippen LogP contribution in [-0.2, 0) is 0 Å². The molecule has 4 nitrogen and oxygen atoms in total. The van der Waals surface area contributed by atoms with Crippen molar-refractivity contribution in [3.8, 4) is 11.1 Å². The molecule has 0 aliphatic carbocycles. The van der Waals surface area contributed by atoms with Gasteiger partial charge in [-0.3, -0.25) is 9.69 Å². The zero-order chi connectivity index (χ0) is 21.6. The lowest BCUT2D eigenvalue weighted by Gasteiger charge is -2.38. The normalized spacial score (nSPS) is 16.1. The van der Waals surface area contributed by atoms with E-state index in [0.717, 1.165) is 42.9 Å². The van der Waals surface area contributed by atoms with Crippen LogP contribution in [-0.4, -0.2) is 55.5 Å². The fourth-order valence-corrected chi connectivity index (χ4v) is 4.01. The van der Waals surface area contributed by atoms with E-state index >= 15 is 0 Å². The molecule has 1 aliphatic rings. The molecule has 1 heterocycles. The van der Waals surface area contributed by atoms with Crippen molar-refractivity contribution in [3.05, 3.63) is 95.8 Å². The maximum absolute atomic E-state index is 13.4. The van der Waals surface area contributed by atoms with Crippen LogP contribution in [0.2, 0.25) is 0 Å². The smallest absolute Gasteiger partial charge is 0.251 e. The fraction of sp³-hybridized carbons (Fsp3) is 0.269. The van der Waals surface area contributed by atoms with Gasteiger partial charge in [0.2, 0.25) is 0 Å². The molecule has 0 radical (unpaired) electrons. The molecule has 1 atom stereocenters. The third kappa shape index (κ3) is 5.37. The molecular formula is C26H28FN3O. The fourth-order valence-electron chi connectivity index (χ4n) is 4.01. The molecule has 0 spiro atoms. The number of carbonyl (C=O) groups excluding carboxylic acids is 1. The number of hydrogen-bond acceptors (Lipinski definition) is 3. The first-order valence-corrected chi connectivity index (χ1v) is 10.7. The molecule has 1 amide bonds. The quantitative estimate of drug-likeness (QED) is 0.653. The van der Waals surface area contributed by atoms with E-state index < -0.39 is 0 Å². The second-order valence-electron chi connectivity index (χ2n) is 8.06. The van der Waals surface area contributed by atoms with Gasteiger partial charge in [0.15, 0.2) is 0 Å². The Kier molecular flexibility index (Phi) is 6.75. The molecule has 1 unspecified atom stereocenters. The van der Waals surface area contributed by atoms with Gasteiger partial charge in [-0.15, -0.1) is 0 Å². The van der Waals surface area contributed by atoms with Gasteiger partial charge in [-0.25, -0.2) is 4.39 Å². The van der Waals surface area contributed by atoms with E-state index in [4.69, 9.17) is 0 Å². The zero-order valence-corrected chi connectivity index (χ0v) is 17.8. The Hall–Kier alpha value is -3.02. The monoisotopic (exact) mass is 417 g/mol. The molecular weight excluding hydrogens is 389 g/mol. The van der Waals surface area contributed by atoms with Gasteiger partial charge in [-0.1, -0.05) is 54.6 Å². The summed E-state index contributed by atoms with van der Waals surface area (Å²) >= 11 is 0. The van der Waals surface area contributed by atoms with Crippen molar-refractivity contribution in [2.24, 2.45) is 0 Å². The molecule has 4 rings (SSSR count). The summed E-state index contributed by atoms with van der Waals surface area (Å²) in [7, 11) is 2.12. The number of amides is 1. The van der Waals surface area contributed by atoms with Crippen molar-refractivity contribution in [1.29, 1.82) is 0 Å². The maximum Gasteiger partial charge on any atom is 0.251 e. The Morgan fingerprint density at radius 1 is 0.871 bits per heavy atom. The topological polar surface area (TPSA) is 35.6 Å². The number of carbonyl (C=O) groups is 1. The van der Waals surface area contributed by atoms with Crippen molar-refractivity contribution in [3.63, 3.8) is 0 Å².